The maximum absolute atomic E-state index is 13.3. The van der Waals surface area contributed by atoms with Gasteiger partial charge in [-0.1, -0.05) is 53.8 Å². The highest BCUT2D eigenvalue weighted by atomic mass is 35.5. The molecule has 0 aliphatic carbocycles. The van der Waals surface area contributed by atoms with E-state index >= 15 is 0 Å². The fourth-order valence-corrected chi connectivity index (χ4v) is 9.45. The third kappa shape index (κ3) is 7.34. The Hall–Kier alpha value is -5.35. The second-order valence-corrected chi connectivity index (χ2v) is 16.2. The molecule has 4 aromatic rings. The molecule has 2 amide bonds. The summed E-state index contributed by atoms with van der Waals surface area (Å²) in [7, 11) is 1.56. The van der Waals surface area contributed by atoms with E-state index < -0.39 is 6.04 Å². The summed E-state index contributed by atoms with van der Waals surface area (Å²) in [4.78, 5) is 47.0. The van der Waals surface area contributed by atoms with Crippen molar-refractivity contribution in [2.75, 3.05) is 26.7 Å². The van der Waals surface area contributed by atoms with E-state index in [4.69, 9.17) is 16.6 Å². The van der Waals surface area contributed by atoms with Crippen LogP contribution in [-0.2, 0) is 29.1 Å². The highest BCUT2D eigenvalue weighted by molar-refractivity contribution is 7.15. The fourth-order valence-electron chi connectivity index (χ4n) is 8.08. The zero-order chi connectivity index (χ0) is 38.9. The quantitative estimate of drug-likeness (QED) is 0.156. The van der Waals surface area contributed by atoms with E-state index in [0.29, 0.717) is 36.0 Å². The molecule has 1 saturated heterocycles. The average Bonchev–Trinajstić information content (AvgIpc) is 3.80. The van der Waals surface area contributed by atoms with Crippen LogP contribution < -0.4 is 10.6 Å². The molecule has 2 N–H and O–H groups in total. The lowest BCUT2D eigenvalue weighted by Crippen LogP contribution is -2.47. The number of likely N-dealkylation sites (N-methyl/N-ethyl adjacent to an activating group) is 1. The van der Waals surface area contributed by atoms with Crippen molar-refractivity contribution in [3.63, 3.8) is 0 Å². The van der Waals surface area contributed by atoms with Crippen LogP contribution in [0, 0.1) is 31.6 Å². The molecule has 2 aromatic carbocycles. The van der Waals surface area contributed by atoms with Crippen LogP contribution in [0.4, 0.5) is 0 Å². The van der Waals surface area contributed by atoms with Gasteiger partial charge in [0.1, 0.15) is 35.7 Å². The number of hydrogen-bond acceptors (Lipinski definition) is 9. The molecule has 2 unspecified atom stereocenters. The molecular formula is C43H43ClN8O3S. The fraction of sp³-hybridized carbons (Fsp3) is 0.349. The molecule has 0 saturated carbocycles. The number of rotatable bonds is 11. The number of nitrogens with zero attached hydrogens (tertiary/aromatic N) is 6. The normalized spacial score (nSPS) is 18.0. The first-order valence-corrected chi connectivity index (χ1v) is 20.2. The van der Waals surface area contributed by atoms with Gasteiger partial charge in [-0.2, -0.15) is 0 Å². The van der Waals surface area contributed by atoms with Crippen molar-refractivity contribution in [1.29, 1.82) is 0 Å². The van der Waals surface area contributed by atoms with Crippen molar-refractivity contribution in [1.82, 2.24) is 35.2 Å². The number of aryl methyl sites for hydroxylation is 2. The Morgan fingerprint density at radius 3 is 2.73 bits per heavy atom. The maximum atomic E-state index is 13.3. The molecule has 2 atom stereocenters. The van der Waals surface area contributed by atoms with Gasteiger partial charge in [0.25, 0.3) is 5.91 Å². The second-order valence-electron chi connectivity index (χ2n) is 14.7. The van der Waals surface area contributed by atoms with E-state index in [2.05, 4.69) is 73.5 Å². The minimum absolute atomic E-state index is 0.104. The van der Waals surface area contributed by atoms with Gasteiger partial charge in [0.2, 0.25) is 5.91 Å². The summed E-state index contributed by atoms with van der Waals surface area (Å²) in [5, 5.41) is 16.6. The Balaban J connectivity index is 0.864. The summed E-state index contributed by atoms with van der Waals surface area (Å²) in [5.74, 6) is 8.74. The SMILES string of the molecule is CNC(=O)C(CCC=O)N1Cc2c(CCC3CN(CC4=CNC(C#Cc5sc6c(c5C)C(c5ccc(Cl)cc5)=NCc5nnc(C)n5-6)C=C4)C3)cccc2C1=O. The molecule has 13 heteroatoms. The number of halogens is 1. The van der Waals surface area contributed by atoms with Gasteiger partial charge in [-0.3, -0.25) is 24.0 Å². The van der Waals surface area contributed by atoms with Crippen molar-refractivity contribution in [2.24, 2.45) is 10.9 Å². The molecule has 0 bridgehead atoms. The van der Waals surface area contributed by atoms with E-state index in [1.807, 2.05) is 43.3 Å². The number of carbonyl (C=O) groups excluding carboxylic acids is 3. The van der Waals surface area contributed by atoms with Crippen molar-refractivity contribution in [3.8, 4) is 16.8 Å². The largest absolute Gasteiger partial charge is 0.374 e. The number of aromatic nitrogens is 3. The predicted octanol–water partition coefficient (Wildman–Crippen LogP) is 5.33. The molecule has 1 fully saturated rings. The topological polar surface area (TPSA) is 125 Å². The van der Waals surface area contributed by atoms with Gasteiger partial charge in [0, 0.05) is 67.6 Å². The molecule has 0 radical (unpaired) electrons. The molecule has 6 heterocycles. The van der Waals surface area contributed by atoms with Crippen molar-refractivity contribution in [3.05, 3.63) is 121 Å². The van der Waals surface area contributed by atoms with Gasteiger partial charge in [-0.05, 0) is 85.6 Å². The van der Waals surface area contributed by atoms with Crippen molar-refractivity contribution in [2.45, 2.75) is 64.7 Å². The number of amides is 2. The standard InChI is InChI=1S/C43H43ClN8O3S/c1-26-37(56-43-39(26)40(31-12-14-32(44)15-13-31)47-21-38-49-48-27(2)52(38)43)18-17-33-16-10-28(20-46-33)22-50-23-29(24-50)9-11-30-6-4-7-34-35(30)25-51(42(34)55)36(8-5-19-53)41(54)45-3/h4,6-7,10,12-16,19-20,29,33,36,46H,5,8-9,11,21-25H2,1-3H3,(H,45,54). The number of aldehydes is 1. The lowest BCUT2D eigenvalue weighted by molar-refractivity contribution is -0.125. The molecule has 11 nitrogen and oxygen atoms in total. The first kappa shape index (κ1) is 37.6. The molecule has 286 valence electrons. The molecule has 0 spiro atoms. The number of fused-ring (bicyclic) bond motifs is 4. The summed E-state index contributed by atoms with van der Waals surface area (Å²) < 4.78 is 2.10. The van der Waals surface area contributed by atoms with Crippen LogP contribution in [0.3, 0.4) is 0 Å². The summed E-state index contributed by atoms with van der Waals surface area (Å²) in [5.41, 5.74) is 8.12. The Morgan fingerprint density at radius 1 is 1.16 bits per heavy atom. The van der Waals surface area contributed by atoms with Gasteiger partial charge in [0.05, 0.1) is 10.6 Å². The zero-order valence-electron chi connectivity index (χ0n) is 31.6. The molecular weight excluding hydrogens is 744 g/mol. The highest BCUT2D eigenvalue weighted by Gasteiger charge is 2.37. The summed E-state index contributed by atoms with van der Waals surface area (Å²) in [6, 6.07) is 12.9. The number of dihydropyridines is 1. The van der Waals surface area contributed by atoms with Gasteiger partial charge < -0.3 is 20.3 Å². The van der Waals surface area contributed by atoms with E-state index in [1.165, 1.54) is 11.1 Å². The first-order valence-electron chi connectivity index (χ1n) is 19.0. The van der Waals surface area contributed by atoms with E-state index in [-0.39, 0.29) is 24.3 Å². The minimum Gasteiger partial charge on any atom is -0.374 e. The molecule has 2 aromatic heterocycles. The van der Waals surface area contributed by atoms with E-state index in [0.717, 1.165) is 88.3 Å². The van der Waals surface area contributed by atoms with Gasteiger partial charge in [0.15, 0.2) is 5.82 Å². The van der Waals surface area contributed by atoms with Gasteiger partial charge >= 0.3 is 0 Å². The van der Waals surface area contributed by atoms with Crippen LogP contribution in [0.2, 0.25) is 5.02 Å². The first-order chi connectivity index (χ1) is 27.2. The predicted molar refractivity (Wildman–Crippen MR) is 218 cm³/mol. The second kappa shape index (κ2) is 16.0. The lowest BCUT2D eigenvalue weighted by Gasteiger charge is -2.40. The number of likely N-dealkylation sites (tertiary alicyclic amines) is 1. The molecule has 8 rings (SSSR count). The Morgan fingerprint density at radius 2 is 1.98 bits per heavy atom. The number of nitrogens with one attached hydrogen (secondary N) is 2. The third-order valence-corrected chi connectivity index (χ3v) is 12.5. The van der Waals surface area contributed by atoms with Crippen LogP contribution in [-0.4, -0.2) is 87.1 Å². The van der Waals surface area contributed by atoms with Crippen LogP contribution >= 0.6 is 22.9 Å². The van der Waals surface area contributed by atoms with Crippen LogP contribution in [0.25, 0.3) is 5.00 Å². The Bertz CT molecular complexity index is 2360. The Labute approximate surface area is 335 Å². The summed E-state index contributed by atoms with van der Waals surface area (Å²) >= 11 is 7.86. The number of aliphatic imine (C=N–C) groups is 1. The smallest absolute Gasteiger partial charge is 0.255 e. The average molecular weight is 787 g/mol. The van der Waals surface area contributed by atoms with Crippen LogP contribution in [0.15, 0.2) is 71.4 Å². The van der Waals surface area contributed by atoms with Crippen LogP contribution in [0.5, 0.6) is 0 Å². The van der Waals surface area contributed by atoms with Gasteiger partial charge in [-0.25, -0.2) is 0 Å². The molecule has 4 aliphatic rings. The minimum atomic E-state index is -0.655. The van der Waals surface area contributed by atoms with Crippen LogP contribution in [0.1, 0.15) is 74.0 Å². The number of benzene rings is 2. The monoisotopic (exact) mass is 786 g/mol. The lowest BCUT2D eigenvalue weighted by atomic mass is 9.90. The number of carbonyl (C=O) groups is 3. The highest BCUT2D eigenvalue weighted by Crippen LogP contribution is 2.37. The van der Waals surface area contributed by atoms with Gasteiger partial charge in [-0.15, -0.1) is 21.5 Å². The Kier molecular flexibility index (Phi) is 10.7. The van der Waals surface area contributed by atoms with E-state index in [9.17, 15) is 14.4 Å². The maximum Gasteiger partial charge on any atom is 0.255 e. The van der Waals surface area contributed by atoms with E-state index in [1.54, 1.807) is 23.3 Å². The zero-order valence-corrected chi connectivity index (χ0v) is 33.2. The number of hydrogen-bond donors (Lipinski definition) is 2. The third-order valence-electron chi connectivity index (χ3n) is 11.1. The van der Waals surface area contributed by atoms with Crippen molar-refractivity contribution < 1.29 is 14.4 Å². The van der Waals surface area contributed by atoms with Crippen molar-refractivity contribution >= 4 is 46.7 Å². The molecule has 56 heavy (non-hydrogen) atoms. The summed E-state index contributed by atoms with van der Waals surface area (Å²) in [6.07, 6.45) is 9.65. The number of thiophene rings is 1. The summed E-state index contributed by atoms with van der Waals surface area (Å²) in [6.45, 7) is 7.84. The molecule has 4 aliphatic heterocycles.